The summed E-state index contributed by atoms with van der Waals surface area (Å²) in [6, 6.07) is 2.47. The van der Waals surface area contributed by atoms with Gasteiger partial charge in [-0.2, -0.15) is 0 Å². The normalized spacial score (nSPS) is 28.9. The van der Waals surface area contributed by atoms with E-state index in [2.05, 4.69) is 16.3 Å². The molecule has 0 radical (unpaired) electrons. The third kappa shape index (κ3) is 4.69. The van der Waals surface area contributed by atoms with Crippen molar-refractivity contribution in [3.05, 3.63) is 21.3 Å². The summed E-state index contributed by atoms with van der Waals surface area (Å²) in [5, 5.41) is 2.20. The van der Waals surface area contributed by atoms with Crippen LogP contribution < -0.4 is 5.73 Å². The summed E-state index contributed by atoms with van der Waals surface area (Å²) < 4.78 is 0.907. The number of nitrogens with zero attached hydrogens (tertiary/aromatic N) is 1. The quantitative estimate of drug-likeness (QED) is 0.899. The first-order valence-electron chi connectivity index (χ1n) is 8.40. The van der Waals surface area contributed by atoms with Crippen LogP contribution in [0.4, 0.5) is 0 Å². The van der Waals surface area contributed by atoms with Crippen LogP contribution in [0.25, 0.3) is 0 Å². The summed E-state index contributed by atoms with van der Waals surface area (Å²) in [7, 11) is 0. The van der Waals surface area contributed by atoms with Gasteiger partial charge in [-0.25, -0.2) is 0 Å². The molecule has 4 heteroatoms. The molecule has 0 aromatic carbocycles. The van der Waals surface area contributed by atoms with Crippen molar-refractivity contribution in [3.63, 3.8) is 0 Å². The predicted molar refractivity (Wildman–Crippen MR) is 92.1 cm³/mol. The second-order valence-electron chi connectivity index (χ2n) is 7.05. The van der Waals surface area contributed by atoms with Crippen molar-refractivity contribution < 1.29 is 0 Å². The van der Waals surface area contributed by atoms with Gasteiger partial charge in [-0.05, 0) is 54.5 Å². The third-order valence-electron chi connectivity index (χ3n) is 5.03. The lowest BCUT2D eigenvalue weighted by molar-refractivity contribution is 0.124. The van der Waals surface area contributed by atoms with E-state index in [-0.39, 0.29) is 0 Å². The van der Waals surface area contributed by atoms with Crippen LogP contribution in [0.3, 0.4) is 0 Å². The zero-order valence-corrected chi connectivity index (χ0v) is 14.3. The average Bonchev–Trinajstić information content (AvgIpc) is 2.84. The van der Waals surface area contributed by atoms with Crippen LogP contribution in [0, 0.1) is 11.8 Å². The standard InChI is InChI=1S/C17H27ClN2S/c18-17-8-15(12-21-17)6-14-7-16(19)11-20(10-14)9-13-4-2-1-3-5-13/h8,12-14,16H,1-7,9-11,19H2. The SMILES string of the molecule is NC1CC(Cc2csc(Cl)c2)CN(CC2CCCCC2)C1. The third-order valence-corrected chi connectivity index (χ3v) is 6.17. The van der Waals surface area contributed by atoms with E-state index in [0.717, 1.165) is 29.6 Å². The van der Waals surface area contributed by atoms with Crippen LogP contribution in [0.2, 0.25) is 4.34 Å². The van der Waals surface area contributed by atoms with Gasteiger partial charge in [-0.15, -0.1) is 11.3 Å². The number of thiophene rings is 1. The highest BCUT2D eigenvalue weighted by atomic mass is 35.5. The van der Waals surface area contributed by atoms with Crippen LogP contribution in [-0.2, 0) is 6.42 Å². The smallest absolute Gasteiger partial charge is 0.0931 e. The van der Waals surface area contributed by atoms with Gasteiger partial charge in [0.25, 0.3) is 0 Å². The summed E-state index contributed by atoms with van der Waals surface area (Å²) in [5.41, 5.74) is 7.70. The van der Waals surface area contributed by atoms with Gasteiger partial charge >= 0.3 is 0 Å². The minimum Gasteiger partial charge on any atom is -0.327 e. The lowest BCUT2D eigenvalue weighted by Gasteiger charge is -2.38. The molecule has 2 heterocycles. The second kappa shape index (κ2) is 7.45. The van der Waals surface area contributed by atoms with Crippen LogP contribution in [0.1, 0.15) is 44.1 Å². The Balaban J connectivity index is 1.53. The Labute approximate surface area is 137 Å². The highest BCUT2D eigenvalue weighted by Gasteiger charge is 2.27. The van der Waals surface area contributed by atoms with E-state index in [0.29, 0.717) is 12.0 Å². The summed E-state index contributed by atoms with van der Waals surface area (Å²) in [6.45, 7) is 3.59. The fourth-order valence-electron chi connectivity index (χ4n) is 4.17. The molecule has 21 heavy (non-hydrogen) atoms. The molecule has 1 saturated heterocycles. The van der Waals surface area contributed by atoms with Crippen molar-refractivity contribution in [3.8, 4) is 0 Å². The molecule has 1 aliphatic heterocycles. The lowest BCUT2D eigenvalue weighted by Crippen LogP contribution is -2.49. The maximum Gasteiger partial charge on any atom is 0.0931 e. The Morgan fingerprint density at radius 2 is 2.00 bits per heavy atom. The molecule has 1 aliphatic carbocycles. The fourth-order valence-corrected chi connectivity index (χ4v) is 5.09. The van der Waals surface area contributed by atoms with E-state index in [1.54, 1.807) is 11.3 Å². The van der Waals surface area contributed by atoms with Gasteiger partial charge < -0.3 is 10.6 Å². The maximum atomic E-state index is 6.31. The van der Waals surface area contributed by atoms with Crippen molar-refractivity contribution in [1.29, 1.82) is 0 Å². The molecule has 2 nitrogen and oxygen atoms in total. The highest BCUT2D eigenvalue weighted by molar-refractivity contribution is 7.14. The highest BCUT2D eigenvalue weighted by Crippen LogP contribution is 2.28. The number of hydrogen-bond donors (Lipinski definition) is 1. The van der Waals surface area contributed by atoms with Gasteiger partial charge in [-0.1, -0.05) is 30.9 Å². The molecule has 0 bridgehead atoms. The molecule has 1 saturated carbocycles. The van der Waals surface area contributed by atoms with E-state index in [9.17, 15) is 0 Å². The molecule has 2 unspecified atom stereocenters. The van der Waals surface area contributed by atoms with Gasteiger partial charge in [0.05, 0.1) is 4.34 Å². The van der Waals surface area contributed by atoms with Crippen molar-refractivity contribution in [2.75, 3.05) is 19.6 Å². The van der Waals surface area contributed by atoms with Crippen LogP contribution in [-0.4, -0.2) is 30.6 Å². The first-order chi connectivity index (χ1) is 10.2. The van der Waals surface area contributed by atoms with Gasteiger partial charge in [-0.3, -0.25) is 0 Å². The number of piperidine rings is 1. The average molecular weight is 327 g/mol. The Hall–Kier alpha value is -0.0900. The first kappa shape index (κ1) is 15.8. The van der Waals surface area contributed by atoms with Crippen LogP contribution >= 0.6 is 22.9 Å². The summed E-state index contributed by atoms with van der Waals surface area (Å²) in [5.74, 6) is 1.61. The van der Waals surface area contributed by atoms with Gasteiger partial charge in [0.2, 0.25) is 0 Å². The van der Waals surface area contributed by atoms with Crippen molar-refractivity contribution in [2.45, 2.75) is 51.0 Å². The number of rotatable bonds is 4. The lowest BCUT2D eigenvalue weighted by atomic mass is 9.86. The molecule has 2 aliphatic rings. The summed E-state index contributed by atoms with van der Waals surface area (Å²) >= 11 is 7.69. The summed E-state index contributed by atoms with van der Waals surface area (Å²) in [4.78, 5) is 2.64. The molecular formula is C17H27ClN2S. The molecule has 1 aromatic heterocycles. The molecular weight excluding hydrogens is 300 g/mol. The fraction of sp³-hybridized carbons (Fsp3) is 0.765. The molecule has 2 N–H and O–H groups in total. The van der Waals surface area contributed by atoms with Crippen molar-refractivity contribution in [1.82, 2.24) is 4.90 Å². The number of halogens is 1. The van der Waals surface area contributed by atoms with E-state index in [1.165, 1.54) is 50.8 Å². The van der Waals surface area contributed by atoms with Crippen molar-refractivity contribution >= 4 is 22.9 Å². The Morgan fingerprint density at radius 1 is 1.19 bits per heavy atom. The Morgan fingerprint density at radius 3 is 2.71 bits per heavy atom. The monoisotopic (exact) mass is 326 g/mol. The minimum absolute atomic E-state index is 0.349. The van der Waals surface area contributed by atoms with E-state index in [4.69, 9.17) is 17.3 Å². The second-order valence-corrected chi connectivity index (χ2v) is 8.59. The van der Waals surface area contributed by atoms with Crippen LogP contribution in [0.5, 0.6) is 0 Å². The topological polar surface area (TPSA) is 29.3 Å². The van der Waals surface area contributed by atoms with E-state index >= 15 is 0 Å². The minimum atomic E-state index is 0.349. The summed E-state index contributed by atoms with van der Waals surface area (Å²) in [6.07, 6.45) is 9.46. The molecule has 2 atom stereocenters. The molecule has 0 amide bonds. The van der Waals surface area contributed by atoms with E-state index < -0.39 is 0 Å². The van der Waals surface area contributed by atoms with Gasteiger partial charge in [0.15, 0.2) is 0 Å². The zero-order chi connectivity index (χ0) is 14.7. The number of likely N-dealkylation sites (tertiary alicyclic amines) is 1. The predicted octanol–water partition coefficient (Wildman–Crippen LogP) is 4.17. The Bertz CT molecular complexity index is 442. The number of nitrogens with two attached hydrogens (primary N) is 1. The molecule has 0 spiro atoms. The molecule has 118 valence electrons. The molecule has 2 fully saturated rings. The van der Waals surface area contributed by atoms with Crippen LogP contribution in [0.15, 0.2) is 11.4 Å². The van der Waals surface area contributed by atoms with Gasteiger partial charge in [0.1, 0.15) is 0 Å². The van der Waals surface area contributed by atoms with E-state index in [1.807, 2.05) is 0 Å². The maximum absolute atomic E-state index is 6.31. The van der Waals surface area contributed by atoms with Gasteiger partial charge in [0, 0.05) is 25.7 Å². The molecule has 3 rings (SSSR count). The largest absolute Gasteiger partial charge is 0.327 e. The first-order valence-corrected chi connectivity index (χ1v) is 9.65. The molecule has 1 aromatic rings. The van der Waals surface area contributed by atoms with Crippen molar-refractivity contribution in [2.24, 2.45) is 17.6 Å². The number of hydrogen-bond acceptors (Lipinski definition) is 3. The zero-order valence-electron chi connectivity index (χ0n) is 12.8. The Kier molecular flexibility index (Phi) is 5.60.